The van der Waals surface area contributed by atoms with Crippen LogP contribution in [0.1, 0.15) is 6.92 Å². The van der Waals surface area contributed by atoms with Gasteiger partial charge in [0.15, 0.2) is 0 Å². The molecule has 0 fully saturated rings. The van der Waals surface area contributed by atoms with E-state index in [-0.39, 0.29) is 18.7 Å². The van der Waals surface area contributed by atoms with E-state index in [9.17, 15) is 0 Å². The van der Waals surface area contributed by atoms with Crippen LogP contribution in [0.2, 0.25) is 0 Å². The lowest BCUT2D eigenvalue weighted by Gasteiger charge is -1.96. The minimum Gasteiger partial charge on any atom is -0.412 e. The van der Waals surface area contributed by atoms with E-state index in [2.05, 4.69) is 6.58 Å². The summed E-state index contributed by atoms with van der Waals surface area (Å²) in [6.07, 6.45) is 0.796. The molecule has 0 aliphatic heterocycles. The summed E-state index contributed by atoms with van der Waals surface area (Å²) in [4.78, 5) is 0. The first-order chi connectivity index (χ1) is 4.22. The molecule has 0 amide bonds. The maximum Gasteiger partial charge on any atom is 0.100 e. The van der Waals surface area contributed by atoms with Crippen LogP contribution in [0.4, 0.5) is 0 Å². The number of hydrogen-bond acceptors (Lipinski definition) is 3. The van der Waals surface area contributed by atoms with Crippen LogP contribution in [0.25, 0.3) is 0 Å². The number of rotatable bonds is 2. The van der Waals surface area contributed by atoms with Gasteiger partial charge in [0.25, 0.3) is 0 Å². The van der Waals surface area contributed by atoms with Crippen molar-refractivity contribution in [1.29, 1.82) is 0 Å². The van der Waals surface area contributed by atoms with Crippen molar-refractivity contribution < 1.29 is 20.8 Å². The van der Waals surface area contributed by atoms with Gasteiger partial charge in [0.05, 0.1) is 13.2 Å². The average molecular weight is 152 g/mol. The SMILES string of the molecule is C=CC.O.OCC(O)CO. The predicted octanol–water partition coefficient (Wildman–Crippen LogP) is -1.30. The zero-order valence-electron chi connectivity index (χ0n) is 6.12. The Morgan fingerprint density at radius 2 is 1.60 bits per heavy atom. The fourth-order valence-electron chi connectivity index (χ4n) is 0.0577. The molecule has 0 bridgehead atoms. The highest BCUT2D eigenvalue weighted by molar-refractivity contribution is 4.51. The Morgan fingerprint density at radius 1 is 1.40 bits per heavy atom. The molecule has 0 heterocycles. The highest BCUT2D eigenvalue weighted by Gasteiger charge is 1.93. The number of hydrogen-bond donors (Lipinski definition) is 3. The van der Waals surface area contributed by atoms with E-state index in [4.69, 9.17) is 15.3 Å². The van der Waals surface area contributed by atoms with Gasteiger partial charge in [-0.15, -0.1) is 6.58 Å². The van der Waals surface area contributed by atoms with Crippen molar-refractivity contribution in [1.82, 2.24) is 0 Å². The third-order valence-corrected chi connectivity index (χ3v) is 0.421. The molecule has 0 spiro atoms. The maximum absolute atomic E-state index is 8.17. The van der Waals surface area contributed by atoms with E-state index in [1.807, 2.05) is 6.92 Å². The van der Waals surface area contributed by atoms with Crippen molar-refractivity contribution in [2.45, 2.75) is 13.0 Å². The van der Waals surface area contributed by atoms with E-state index >= 15 is 0 Å². The third kappa shape index (κ3) is 25.6. The van der Waals surface area contributed by atoms with Gasteiger partial charge in [-0.05, 0) is 6.92 Å². The second-order valence-electron chi connectivity index (χ2n) is 1.43. The molecule has 0 aliphatic carbocycles. The van der Waals surface area contributed by atoms with E-state index in [1.165, 1.54) is 0 Å². The molecule has 4 heteroatoms. The van der Waals surface area contributed by atoms with Crippen molar-refractivity contribution in [2.75, 3.05) is 13.2 Å². The van der Waals surface area contributed by atoms with E-state index in [0.29, 0.717) is 0 Å². The summed E-state index contributed by atoms with van der Waals surface area (Å²) in [6.45, 7) is 4.52. The van der Waals surface area contributed by atoms with Gasteiger partial charge in [-0.2, -0.15) is 0 Å². The van der Waals surface area contributed by atoms with Crippen LogP contribution in [0.5, 0.6) is 0 Å². The standard InChI is InChI=1S/C3H8O3.C3H6.H2O/c4-1-3(6)2-5;1-3-2;/h3-6H,1-2H2;3H,1H2,2H3;1H2. The predicted molar refractivity (Wildman–Crippen MR) is 39.7 cm³/mol. The summed E-state index contributed by atoms with van der Waals surface area (Å²) in [5, 5.41) is 24.0. The smallest absolute Gasteiger partial charge is 0.100 e. The minimum atomic E-state index is -0.954. The van der Waals surface area contributed by atoms with Crippen LogP contribution in [-0.2, 0) is 0 Å². The normalized spacial score (nSPS) is 7.30. The van der Waals surface area contributed by atoms with Crippen molar-refractivity contribution >= 4 is 0 Å². The molecule has 0 aromatic rings. The van der Waals surface area contributed by atoms with Crippen LogP contribution in [0.15, 0.2) is 12.7 Å². The molecule has 0 aliphatic rings. The van der Waals surface area contributed by atoms with Crippen LogP contribution in [0, 0.1) is 0 Å². The second-order valence-corrected chi connectivity index (χ2v) is 1.43. The Balaban J connectivity index is -0.000000107. The Hall–Kier alpha value is -0.420. The lowest BCUT2D eigenvalue weighted by atomic mass is 10.4. The molecular formula is C6H16O4. The summed E-state index contributed by atoms with van der Waals surface area (Å²) in [5.41, 5.74) is 0. The van der Waals surface area contributed by atoms with Crippen LogP contribution in [-0.4, -0.2) is 40.1 Å². The molecular weight excluding hydrogens is 136 g/mol. The Kier molecular flexibility index (Phi) is 25.8. The summed E-state index contributed by atoms with van der Waals surface area (Å²) in [7, 11) is 0. The first kappa shape index (κ1) is 16.3. The number of aliphatic hydroxyl groups excluding tert-OH is 3. The fourth-order valence-corrected chi connectivity index (χ4v) is 0.0577. The lowest BCUT2D eigenvalue weighted by molar-refractivity contribution is 0.0450. The van der Waals surface area contributed by atoms with E-state index < -0.39 is 6.10 Å². The third-order valence-electron chi connectivity index (χ3n) is 0.421. The van der Waals surface area contributed by atoms with Crippen molar-refractivity contribution in [3.8, 4) is 0 Å². The van der Waals surface area contributed by atoms with Crippen LogP contribution >= 0.6 is 0 Å². The highest BCUT2D eigenvalue weighted by atomic mass is 16.3. The van der Waals surface area contributed by atoms with Gasteiger partial charge in [-0.3, -0.25) is 0 Å². The molecule has 0 atom stereocenters. The number of aliphatic hydroxyl groups is 3. The van der Waals surface area contributed by atoms with Crippen LogP contribution < -0.4 is 0 Å². The van der Waals surface area contributed by atoms with Gasteiger partial charge >= 0.3 is 0 Å². The average Bonchev–Trinajstić information content (AvgIpc) is 1.88. The molecule has 0 rings (SSSR count). The largest absolute Gasteiger partial charge is 0.412 e. The van der Waals surface area contributed by atoms with Gasteiger partial charge in [-0.25, -0.2) is 0 Å². The molecule has 0 aromatic carbocycles. The first-order valence-electron chi connectivity index (χ1n) is 2.69. The molecule has 0 unspecified atom stereocenters. The van der Waals surface area contributed by atoms with Crippen LogP contribution in [0.3, 0.4) is 0 Å². The molecule has 5 N–H and O–H groups in total. The molecule has 64 valence electrons. The molecule has 0 saturated carbocycles. The molecule has 10 heavy (non-hydrogen) atoms. The molecule has 0 saturated heterocycles. The van der Waals surface area contributed by atoms with Gasteiger partial charge in [-0.1, -0.05) is 6.08 Å². The van der Waals surface area contributed by atoms with Crippen molar-refractivity contribution in [3.05, 3.63) is 12.7 Å². The zero-order valence-corrected chi connectivity index (χ0v) is 6.12. The van der Waals surface area contributed by atoms with E-state index in [1.54, 1.807) is 6.08 Å². The quantitative estimate of drug-likeness (QED) is 0.429. The summed E-state index contributed by atoms with van der Waals surface area (Å²) >= 11 is 0. The lowest BCUT2D eigenvalue weighted by Crippen LogP contribution is -2.15. The second kappa shape index (κ2) is 15.8. The topological polar surface area (TPSA) is 92.2 Å². The minimum absolute atomic E-state index is 0. The summed E-state index contributed by atoms with van der Waals surface area (Å²) in [6, 6.07) is 0. The van der Waals surface area contributed by atoms with Gasteiger partial charge in [0, 0.05) is 0 Å². The monoisotopic (exact) mass is 152 g/mol. The molecule has 4 nitrogen and oxygen atoms in total. The summed E-state index contributed by atoms with van der Waals surface area (Å²) in [5.74, 6) is 0. The van der Waals surface area contributed by atoms with Gasteiger partial charge < -0.3 is 20.8 Å². The van der Waals surface area contributed by atoms with Gasteiger partial charge in [0.1, 0.15) is 6.10 Å². The molecule has 0 aromatic heterocycles. The maximum atomic E-state index is 8.17. The fraction of sp³-hybridized carbons (Fsp3) is 0.667. The Morgan fingerprint density at radius 3 is 1.60 bits per heavy atom. The van der Waals surface area contributed by atoms with Crippen molar-refractivity contribution in [3.63, 3.8) is 0 Å². The van der Waals surface area contributed by atoms with Crippen molar-refractivity contribution in [2.24, 2.45) is 0 Å². The molecule has 0 radical (unpaired) electrons. The van der Waals surface area contributed by atoms with E-state index in [0.717, 1.165) is 0 Å². The Labute approximate surface area is 60.7 Å². The first-order valence-corrected chi connectivity index (χ1v) is 2.69. The van der Waals surface area contributed by atoms with Gasteiger partial charge in [0.2, 0.25) is 0 Å². The summed E-state index contributed by atoms with van der Waals surface area (Å²) < 4.78 is 0. The zero-order chi connectivity index (χ0) is 7.70. The number of allylic oxidation sites excluding steroid dienone is 1. The Bertz CT molecular complexity index is 51.7. The highest BCUT2D eigenvalue weighted by Crippen LogP contribution is 1.71.